The Balaban J connectivity index is 1.66. The molecule has 6 heteroatoms. The van der Waals surface area contributed by atoms with E-state index in [1.54, 1.807) is 26.2 Å². The lowest BCUT2D eigenvalue weighted by atomic mass is 10.1. The molecule has 3 rings (SSSR count). The first kappa shape index (κ1) is 18.3. The number of carbonyl (C=O) groups excluding carboxylic acids is 2. The molecule has 6 nitrogen and oxygen atoms in total. The van der Waals surface area contributed by atoms with Gasteiger partial charge in [-0.15, -0.1) is 0 Å². The van der Waals surface area contributed by atoms with Crippen molar-refractivity contribution in [3.05, 3.63) is 71.0 Å². The molecule has 0 unspecified atom stereocenters. The minimum absolute atomic E-state index is 0.167. The van der Waals surface area contributed by atoms with Crippen LogP contribution in [-0.4, -0.2) is 18.9 Å². The van der Waals surface area contributed by atoms with Crippen LogP contribution >= 0.6 is 0 Å². The molecule has 3 aromatic rings. The summed E-state index contributed by atoms with van der Waals surface area (Å²) in [6.45, 7) is 3.75. The number of para-hydroxylation sites is 1. The molecule has 0 aliphatic carbocycles. The predicted octanol–water partition coefficient (Wildman–Crippen LogP) is 3.53. The molecule has 0 saturated carbocycles. The van der Waals surface area contributed by atoms with Gasteiger partial charge in [0.2, 0.25) is 0 Å². The topological polar surface area (TPSA) is 80.6 Å². The molecule has 0 radical (unpaired) electrons. The molecular formula is C21H20N2O4. The Morgan fingerprint density at radius 1 is 1.07 bits per heavy atom. The lowest BCUT2D eigenvalue weighted by molar-refractivity contribution is -0.117. The number of benzene rings is 2. The van der Waals surface area contributed by atoms with Gasteiger partial charge in [-0.1, -0.05) is 29.8 Å². The molecule has 2 aromatic carbocycles. The Kier molecular flexibility index (Phi) is 5.26. The average molecular weight is 364 g/mol. The summed E-state index contributed by atoms with van der Waals surface area (Å²) in [5.74, 6) is -0.160. The summed E-state index contributed by atoms with van der Waals surface area (Å²) >= 11 is 0. The maximum Gasteiger partial charge on any atom is 0.305 e. The molecule has 0 saturated heterocycles. The molecule has 1 heterocycles. The molecule has 27 heavy (non-hydrogen) atoms. The molecule has 0 spiro atoms. The Morgan fingerprint density at radius 2 is 1.85 bits per heavy atom. The molecular weight excluding hydrogens is 344 g/mol. The van der Waals surface area contributed by atoms with Crippen molar-refractivity contribution >= 4 is 28.9 Å². The second-order valence-electron chi connectivity index (χ2n) is 6.07. The summed E-state index contributed by atoms with van der Waals surface area (Å²) in [6, 6.07) is 13.0. The molecule has 2 N–H and O–H groups in total. The lowest BCUT2D eigenvalue weighted by Gasteiger charge is -2.06. The zero-order chi connectivity index (χ0) is 19.4. The van der Waals surface area contributed by atoms with Crippen molar-refractivity contribution < 1.29 is 18.7 Å². The summed E-state index contributed by atoms with van der Waals surface area (Å²) in [5.41, 5.74) is 7.87. The number of fused-ring (bicyclic) bond motifs is 1. The molecule has 0 aliphatic rings. The number of hydrogen-bond donors (Lipinski definition) is 2. The lowest BCUT2D eigenvalue weighted by Crippen LogP contribution is -2.40. The van der Waals surface area contributed by atoms with Gasteiger partial charge in [-0.25, -0.2) is 0 Å². The molecule has 2 amide bonds. The van der Waals surface area contributed by atoms with Crippen molar-refractivity contribution in [3.8, 4) is 5.75 Å². The van der Waals surface area contributed by atoms with E-state index in [1.807, 2.05) is 43.3 Å². The van der Waals surface area contributed by atoms with Gasteiger partial charge in [0, 0.05) is 22.6 Å². The average Bonchev–Trinajstić information content (AvgIpc) is 3.01. The van der Waals surface area contributed by atoms with Crippen LogP contribution in [0.1, 0.15) is 27.2 Å². The first-order valence-corrected chi connectivity index (χ1v) is 8.40. The van der Waals surface area contributed by atoms with Gasteiger partial charge in [0.05, 0.1) is 7.11 Å². The minimum Gasteiger partial charge on any atom is -0.496 e. The van der Waals surface area contributed by atoms with Gasteiger partial charge in [0.15, 0.2) is 5.76 Å². The van der Waals surface area contributed by atoms with Gasteiger partial charge in [-0.2, -0.15) is 0 Å². The standard InChI is InChI=1S/C21H20N2O4/c1-13-8-10-17(26-3)15(12-13)9-11-19(24)22-23-21(25)20-14(2)16-6-4-5-7-18(16)27-20/h4-12H,1-3H3,(H,22,24)(H,23,25)/b11-9+. The molecule has 0 fully saturated rings. The molecule has 0 atom stereocenters. The number of hydrogen-bond acceptors (Lipinski definition) is 4. The minimum atomic E-state index is -0.515. The number of methoxy groups -OCH3 is 1. The third-order valence-electron chi connectivity index (χ3n) is 4.15. The van der Waals surface area contributed by atoms with Gasteiger partial charge >= 0.3 is 5.91 Å². The quantitative estimate of drug-likeness (QED) is 0.548. The highest BCUT2D eigenvalue weighted by atomic mass is 16.5. The van der Waals surface area contributed by atoms with Gasteiger partial charge in [-0.3, -0.25) is 20.4 Å². The van der Waals surface area contributed by atoms with Gasteiger partial charge < -0.3 is 9.15 Å². The number of aryl methyl sites for hydroxylation is 2. The SMILES string of the molecule is COc1ccc(C)cc1/C=C/C(=O)NNC(=O)c1oc2ccccc2c1C. The van der Waals surface area contributed by atoms with Crippen LogP contribution < -0.4 is 15.6 Å². The van der Waals surface area contributed by atoms with Crippen molar-refractivity contribution in [2.24, 2.45) is 0 Å². The van der Waals surface area contributed by atoms with Crippen molar-refractivity contribution in [2.75, 3.05) is 7.11 Å². The normalized spacial score (nSPS) is 10.9. The Morgan fingerprint density at radius 3 is 2.59 bits per heavy atom. The Hall–Kier alpha value is -3.54. The van der Waals surface area contributed by atoms with Crippen molar-refractivity contribution in [1.82, 2.24) is 10.9 Å². The number of carbonyl (C=O) groups is 2. The molecule has 0 aliphatic heterocycles. The van der Waals surface area contributed by atoms with Gasteiger partial charge in [0.25, 0.3) is 5.91 Å². The Labute approximate surface area is 156 Å². The summed E-state index contributed by atoms with van der Waals surface area (Å²) in [5, 5.41) is 0.861. The number of ether oxygens (including phenoxy) is 1. The number of furan rings is 1. The highest BCUT2D eigenvalue weighted by Gasteiger charge is 2.17. The van der Waals surface area contributed by atoms with Crippen LogP contribution in [-0.2, 0) is 4.79 Å². The van der Waals surface area contributed by atoms with E-state index in [4.69, 9.17) is 9.15 Å². The summed E-state index contributed by atoms with van der Waals surface area (Å²) in [6.07, 6.45) is 2.95. The van der Waals surface area contributed by atoms with Crippen molar-refractivity contribution in [2.45, 2.75) is 13.8 Å². The first-order chi connectivity index (χ1) is 13.0. The highest BCUT2D eigenvalue weighted by molar-refractivity contribution is 6.00. The second kappa shape index (κ2) is 7.78. The van der Waals surface area contributed by atoms with Crippen molar-refractivity contribution in [3.63, 3.8) is 0 Å². The second-order valence-corrected chi connectivity index (χ2v) is 6.07. The van der Waals surface area contributed by atoms with Crippen LogP contribution in [0.3, 0.4) is 0 Å². The highest BCUT2D eigenvalue weighted by Crippen LogP contribution is 2.24. The van der Waals surface area contributed by atoms with E-state index in [0.29, 0.717) is 11.3 Å². The van der Waals surface area contributed by atoms with E-state index in [0.717, 1.165) is 22.1 Å². The molecule has 1 aromatic heterocycles. The maximum absolute atomic E-state index is 12.3. The molecule has 138 valence electrons. The number of amides is 2. The van der Waals surface area contributed by atoms with Crippen molar-refractivity contribution in [1.29, 1.82) is 0 Å². The number of hydrazine groups is 1. The maximum atomic E-state index is 12.3. The summed E-state index contributed by atoms with van der Waals surface area (Å²) in [4.78, 5) is 24.3. The van der Waals surface area contributed by atoms with Crippen LogP contribution in [0.4, 0.5) is 0 Å². The van der Waals surface area contributed by atoms with Crippen LogP contribution in [0.15, 0.2) is 53.0 Å². The third kappa shape index (κ3) is 4.00. The van der Waals surface area contributed by atoms with E-state index in [1.165, 1.54) is 6.08 Å². The largest absolute Gasteiger partial charge is 0.496 e. The number of nitrogens with one attached hydrogen (secondary N) is 2. The summed E-state index contributed by atoms with van der Waals surface area (Å²) < 4.78 is 10.8. The third-order valence-corrected chi connectivity index (χ3v) is 4.15. The van der Waals surface area contributed by atoms with Gasteiger partial charge in [0.1, 0.15) is 11.3 Å². The van der Waals surface area contributed by atoms with E-state index in [9.17, 15) is 9.59 Å². The fraction of sp³-hybridized carbons (Fsp3) is 0.143. The van der Waals surface area contributed by atoms with Crippen LogP contribution in [0, 0.1) is 13.8 Å². The first-order valence-electron chi connectivity index (χ1n) is 8.40. The fourth-order valence-corrected chi connectivity index (χ4v) is 2.76. The Bertz CT molecular complexity index is 1030. The zero-order valence-electron chi connectivity index (χ0n) is 15.3. The van der Waals surface area contributed by atoms with E-state index < -0.39 is 11.8 Å². The van der Waals surface area contributed by atoms with E-state index in [2.05, 4.69) is 10.9 Å². The zero-order valence-corrected chi connectivity index (χ0v) is 15.3. The fourth-order valence-electron chi connectivity index (χ4n) is 2.76. The van der Waals surface area contributed by atoms with Crippen LogP contribution in [0.5, 0.6) is 5.75 Å². The summed E-state index contributed by atoms with van der Waals surface area (Å²) in [7, 11) is 1.57. The van der Waals surface area contributed by atoms with E-state index >= 15 is 0 Å². The van der Waals surface area contributed by atoms with Crippen LogP contribution in [0.25, 0.3) is 17.0 Å². The molecule has 0 bridgehead atoms. The van der Waals surface area contributed by atoms with Gasteiger partial charge in [-0.05, 0) is 38.1 Å². The van der Waals surface area contributed by atoms with E-state index in [-0.39, 0.29) is 5.76 Å². The van der Waals surface area contributed by atoms with Crippen LogP contribution in [0.2, 0.25) is 0 Å². The monoisotopic (exact) mass is 364 g/mol. The predicted molar refractivity (Wildman–Crippen MR) is 103 cm³/mol. The smallest absolute Gasteiger partial charge is 0.305 e. The number of rotatable bonds is 4.